The minimum absolute atomic E-state index is 0.0131. The molecule has 26 heavy (non-hydrogen) atoms. The van der Waals surface area contributed by atoms with Gasteiger partial charge in [0.25, 0.3) is 0 Å². The van der Waals surface area contributed by atoms with Crippen LogP contribution < -0.4 is 20.1 Å². The van der Waals surface area contributed by atoms with Gasteiger partial charge in [-0.2, -0.15) is 8.78 Å². The van der Waals surface area contributed by atoms with Crippen molar-refractivity contribution in [2.75, 3.05) is 7.11 Å². The second kappa shape index (κ2) is 9.35. The van der Waals surface area contributed by atoms with Crippen LogP contribution in [-0.4, -0.2) is 31.6 Å². The van der Waals surface area contributed by atoms with E-state index in [1.807, 2.05) is 0 Å². The first-order valence-corrected chi connectivity index (χ1v) is 8.60. The number of methoxy groups -OCH3 is 1. The third kappa shape index (κ3) is 5.57. The van der Waals surface area contributed by atoms with E-state index >= 15 is 0 Å². The Kier molecular flexibility index (Phi) is 7.17. The molecule has 1 saturated carbocycles. The van der Waals surface area contributed by atoms with Crippen LogP contribution in [-0.2, 0) is 16.1 Å². The number of nitrogens with one attached hydrogen (secondary N) is 2. The van der Waals surface area contributed by atoms with Gasteiger partial charge in [-0.25, -0.2) is 0 Å². The van der Waals surface area contributed by atoms with Gasteiger partial charge < -0.3 is 20.1 Å². The van der Waals surface area contributed by atoms with Gasteiger partial charge in [0.05, 0.1) is 7.11 Å². The number of benzene rings is 1. The van der Waals surface area contributed by atoms with E-state index in [0.29, 0.717) is 5.56 Å². The summed E-state index contributed by atoms with van der Waals surface area (Å²) in [5, 5.41) is 5.39. The molecule has 0 saturated heterocycles. The van der Waals surface area contributed by atoms with Crippen LogP contribution in [0.2, 0.25) is 0 Å². The second-order valence-electron chi connectivity index (χ2n) is 6.29. The number of carbonyl (C=O) groups excluding carboxylic acids is 2. The Bertz CT molecular complexity index is 634. The van der Waals surface area contributed by atoms with Crippen LogP contribution in [0.3, 0.4) is 0 Å². The van der Waals surface area contributed by atoms with Gasteiger partial charge >= 0.3 is 6.61 Å². The number of hydrogen-bond acceptors (Lipinski definition) is 4. The van der Waals surface area contributed by atoms with Crippen LogP contribution >= 0.6 is 0 Å². The van der Waals surface area contributed by atoms with E-state index in [4.69, 9.17) is 4.74 Å². The SMILES string of the molecule is COc1ccc(CNC(=O)[C@@H](C)NC(=O)C2CCCC2)cc1OC(F)F. The molecule has 0 spiro atoms. The molecule has 0 radical (unpaired) electrons. The highest BCUT2D eigenvalue weighted by atomic mass is 19.3. The van der Waals surface area contributed by atoms with E-state index in [0.717, 1.165) is 25.7 Å². The minimum Gasteiger partial charge on any atom is -0.493 e. The molecule has 1 atom stereocenters. The van der Waals surface area contributed by atoms with Crippen molar-refractivity contribution in [3.8, 4) is 11.5 Å². The Morgan fingerprint density at radius 2 is 1.92 bits per heavy atom. The molecule has 0 unspecified atom stereocenters. The predicted molar refractivity (Wildman–Crippen MR) is 91.0 cm³/mol. The number of carbonyl (C=O) groups is 2. The van der Waals surface area contributed by atoms with Crippen LogP contribution in [0.4, 0.5) is 8.78 Å². The van der Waals surface area contributed by atoms with Crippen molar-refractivity contribution < 1.29 is 27.8 Å². The molecule has 6 nitrogen and oxygen atoms in total. The molecule has 1 aromatic rings. The topological polar surface area (TPSA) is 76.7 Å². The zero-order valence-electron chi connectivity index (χ0n) is 14.9. The van der Waals surface area contributed by atoms with Crippen molar-refractivity contribution in [1.82, 2.24) is 10.6 Å². The fourth-order valence-electron chi connectivity index (χ4n) is 2.95. The average molecular weight is 370 g/mol. The number of rotatable bonds is 8. The van der Waals surface area contributed by atoms with Crippen LogP contribution in [0.5, 0.6) is 11.5 Å². The quantitative estimate of drug-likeness (QED) is 0.738. The van der Waals surface area contributed by atoms with Crippen molar-refractivity contribution >= 4 is 11.8 Å². The summed E-state index contributed by atoms with van der Waals surface area (Å²) in [7, 11) is 1.35. The van der Waals surface area contributed by atoms with Gasteiger partial charge in [-0.05, 0) is 37.5 Å². The summed E-state index contributed by atoms with van der Waals surface area (Å²) in [6, 6.07) is 3.84. The summed E-state index contributed by atoms with van der Waals surface area (Å²) in [5.41, 5.74) is 0.573. The maximum Gasteiger partial charge on any atom is 0.387 e. The summed E-state index contributed by atoms with van der Waals surface area (Å²) >= 11 is 0. The number of alkyl halides is 2. The standard InChI is InChI=1S/C18H24F2N2O4/c1-11(22-17(24)13-5-3-4-6-13)16(23)21-10-12-7-8-14(25-2)15(9-12)26-18(19)20/h7-9,11,13,18H,3-6,10H2,1-2H3,(H,21,23)(H,22,24)/t11-/m1/s1. The van der Waals surface area contributed by atoms with Crippen LogP contribution in [0.15, 0.2) is 18.2 Å². The summed E-state index contributed by atoms with van der Waals surface area (Å²) in [5.74, 6) is -0.374. The Hall–Kier alpha value is -2.38. The molecule has 0 heterocycles. The lowest BCUT2D eigenvalue weighted by molar-refractivity contribution is -0.130. The summed E-state index contributed by atoms with van der Waals surface area (Å²) in [4.78, 5) is 24.2. The van der Waals surface area contributed by atoms with E-state index < -0.39 is 12.7 Å². The highest BCUT2D eigenvalue weighted by molar-refractivity contribution is 5.88. The van der Waals surface area contributed by atoms with Gasteiger partial charge in [0.1, 0.15) is 6.04 Å². The lowest BCUT2D eigenvalue weighted by Gasteiger charge is -2.17. The molecule has 1 aromatic carbocycles. The minimum atomic E-state index is -2.97. The fourth-order valence-corrected chi connectivity index (χ4v) is 2.95. The summed E-state index contributed by atoms with van der Waals surface area (Å²) < 4.78 is 34.3. The number of ether oxygens (including phenoxy) is 2. The maximum atomic E-state index is 12.5. The Balaban J connectivity index is 1.88. The monoisotopic (exact) mass is 370 g/mol. The molecule has 8 heteroatoms. The number of amides is 2. The van der Waals surface area contributed by atoms with E-state index in [9.17, 15) is 18.4 Å². The van der Waals surface area contributed by atoms with Gasteiger partial charge in [-0.3, -0.25) is 9.59 Å². The van der Waals surface area contributed by atoms with Crippen LogP contribution in [0.25, 0.3) is 0 Å². The molecule has 144 valence electrons. The molecular weight excluding hydrogens is 346 g/mol. The van der Waals surface area contributed by atoms with Crippen molar-refractivity contribution in [3.63, 3.8) is 0 Å². The molecule has 0 bridgehead atoms. The molecule has 1 aliphatic rings. The molecule has 0 aliphatic heterocycles. The normalized spacial score (nSPS) is 15.6. The molecule has 0 aromatic heterocycles. The van der Waals surface area contributed by atoms with Gasteiger partial charge in [0.2, 0.25) is 11.8 Å². The Labute approximate surface area is 151 Å². The van der Waals surface area contributed by atoms with Gasteiger partial charge in [-0.15, -0.1) is 0 Å². The molecule has 2 amide bonds. The first-order valence-electron chi connectivity index (χ1n) is 8.60. The van der Waals surface area contributed by atoms with Crippen molar-refractivity contribution in [2.24, 2.45) is 5.92 Å². The van der Waals surface area contributed by atoms with E-state index in [1.54, 1.807) is 13.0 Å². The summed E-state index contributed by atoms with van der Waals surface area (Å²) in [6.07, 6.45) is 3.80. The smallest absolute Gasteiger partial charge is 0.387 e. The first-order chi connectivity index (χ1) is 12.4. The zero-order valence-corrected chi connectivity index (χ0v) is 14.9. The highest BCUT2D eigenvalue weighted by Crippen LogP contribution is 2.29. The predicted octanol–water partition coefficient (Wildman–Crippen LogP) is 2.61. The molecule has 1 aliphatic carbocycles. The zero-order chi connectivity index (χ0) is 19.1. The maximum absolute atomic E-state index is 12.5. The molecule has 2 rings (SSSR count). The van der Waals surface area contributed by atoms with Gasteiger partial charge in [0.15, 0.2) is 11.5 Å². The Morgan fingerprint density at radius 1 is 1.23 bits per heavy atom. The summed E-state index contributed by atoms with van der Waals surface area (Å²) in [6.45, 7) is -1.24. The third-order valence-corrected chi connectivity index (χ3v) is 4.39. The molecule has 2 N–H and O–H groups in total. The molecule has 1 fully saturated rings. The van der Waals surface area contributed by atoms with Crippen LogP contribution in [0.1, 0.15) is 38.2 Å². The van der Waals surface area contributed by atoms with Crippen molar-refractivity contribution in [2.45, 2.75) is 51.8 Å². The lowest BCUT2D eigenvalue weighted by atomic mass is 10.1. The number of hydrogen-bond donors (Lipinski definition) is 2. The average Bonchev–Trinajstić information content (AvgIpc) is 3.14. The van der Waals surface area contributed by atoms with Crippen LogP contribution in [0, 0.1) is 5.92 Å². The first kappa shape index (κ1) is 19.9. The lowest BCUT2D eigenvalue weighted by Crippen LogP contribution is -2.46. The Morgan fingerprint density at radius 3 is 2.54 bits per heavy atom. The van der Waals surface area contributed by atoms with Crippen molar-refractivity contribution in [3.05, 3.63) is 23.8 Å². The van der Waals surface area contributed by atoms with E-state index in [2.05, 4.69) is 15.4 Å². The van der Waals surface area contributed by atoms with Gasteiger partial charge in [-0.1, -0.05) is 18.9 Å². The van der Waals surface area contributed by atoms with Gasteiger partial charge in [0, 0.05) is 12.5 Å². The highest BCUT2D eigenvalue weighted by Gasteiger charge is 2.25. The van der Waals surface area contributed by atoms with Crippen molar-refractivity contribution in [1.29, 1.82) is 0 Å². The molecular formula is C18H24F2N2O4. The van der Waals surface area contributed by atoms with E-state index in [-0.39, 0.29) is 35.8 Å². The number of halogens is 2. The second-order valence-corrected chi connectivity index (χ2v) is 6.29. The van der Waals surface area contributed by atoms with E-state index in [1.165, 1.54) is 19.2 Å². The largest absolute Gasteiger partial charge is 0.493 e. The fraction of sp³-hybridized carbons (Fsp3) is 0.556. The third-order valence-electron chi connectivity index (χ3n) is 4.39.